The van der Waals surface area contributed by atoms with Crippen LogP contribution in [0.5, 0.6) is 0 Å². The number of nitrogens with two attached hydrogens (primary N) is 1. The summed E-state index contributed by atoms with van der Waals surface area (Å²) in [5, 5.41) is 0. The van der Waals surface area contributed by atoms with Gasteiger partial charge < -0.3 is 10.6 Å². The van der Waals surface area contributed by atoms with Crippen LogP contribution in [0.2, 0.25) is 0 Å². The standard InChI is InChI=1S/C15H28N2OS/c1-12(2)17(11-10-14(16)19)15(18)13-8-6-4-3-5-7-9-13/h12-13H,3-11H2,1-2H3,(H2,16,19). The van der Waals surface area contributed by atoms with Gasteiger partial charge >= 0.3 is 0 Å². The van der Waals surface area contributed by atoms with E-state index in [0.29, 0.717) is 23.9 Å². The van der Waals surface area contributed by atoms with Crippen LogP contribution in [0, 0.1) is 5.92 Å². The summed E-state index contributed by atoms with van der Waals surface area (Å²) in [6, 6.07) is 0.229. The third-order valence-electron chi connectivity index (χ3n) is 3.96. The predicted octanol–water partition coefficient (Wildman–Crippen LogP) is 3.26. The van der Waals surface area contributed by atoms with Gasteiger partial charge in [-0.25, -0.2) is 0 Å². The van der Waals surface area contributed by atoms with Gasteiger partial charge in [0.25, 0.3) is 0 Å². The van der Waals surface area contributed by atoms with Crippen molar-refractivity contribution in [1.82, 2.24) is 4.90 Å². The van der Waals surface area contributed by atoms with Crippen LogP contribution < -0.4 is 5.73 Å². The molecule has 0 heterocycles. The fourth-order valence-electron chi connectivity index (χ4n) is 2.79. The quantitative estimate of drug-likeness (QED) is 0.788. The zero-order valence-corrected chi connectivity index (χ0v) is 13.2. The molecule has 1 fully saturated rings. The molecule has 0 radical (unpaired) electrons. The third-order valence-corrected chi connectivity index (χ3v) is 4.16. The summed E-state index contributed by atoms with van der Waals surface area (Å²) in [4.78, 5) is 15.1. The van der Waals surface area contributed by atoms with E-state index in [4.69, 9.17) is 18.0 Å². The average molecular weight is 284 g/mol. The molecule has 1 amide bonds. The van der Waals surface area contributed by atoms with Gasteiger partial charge in [-0.1, -0.05) is 44.3 Å². The molecule has 0 saturated heterocycles. The first-order valence-corrected chi connectivity index (χ1v) is 8.02. The van der Waals surface area contributed by atoms with Crippen LogP contribution in [0.15, 0.2) is 0 Å². The van der Waals surface area contributed by atoms with Gasteiger partial charge in [0, 0.05) is 24.9 Å². The van der Waals surface area contributed by atoms with E-state index in [1.54, 1.807) is 0 Å². The minimum absolute atomic E-state index is 0.217. The van der Waals surface area contributed by atoms with Gasteiger partial charge in [-0.05, 0) is 26.7 Å². The highest BCUT2D eigenvalue weighted by molar-refractivity contribution is 7.80. The van der Waals surface area contributed by atoms with E-state index < -0.39 is 0 Å². The summed E-state index contributed by atoms with van der Waals surface area (Å²) in [6.07, 6.45) is 9.00. The van der Waals surface area contributed by atoms with Gasteiger partial charge in [0.05, 0.1) is 4.99 Å². The van der Waals surface area contributed by atoms with Crippen molar-refractivity contribution in [2.24, 2.45) is 11.7 Å². The van der Waals surface area contributed by atoms with Gasteiger partial charge in [-0.3, -0.25) is 4.79 Å². The molecule has 0 bridgehead atoms. The van der Waals surface area contributed by atoms with Crippen LogP contribution >= 0.6 is 12.2 Å². The number of carbonyl (C=O) groups is 1. The van der Waals surface area contributed by atoms with E-state index in [9.17, 15) is 4.79 Å². The van der Waals surface area contributed by atoms with Crippen molar-refractivity contribution < 1.29 is 4.79 Å². The van der Waals surface area contributed by atoms with Crippen molar-refractivity contribution in [2.75, 3.05) is 6.54 Å². The zero-order chi connectivity index (χ0) is 14.3. The topological polar surface area (TPSA) is 46.3 Å². The highest BCUT2D eigenvalue weighted by Crippen LogP contribution is 2.24. The summed E-state index contributed by atoms with van der Waals surface area (Å²) in [5.74, 6) is 0.530. The Kier molecular flexibility index (Phi) is 7.36. The van der Waals surface area contributed by atoms with Crippen LogP contribution in [-0.4, -0.2) is 28.4 Å². The Morgan fingerprint density at radius 1 is 1.21 bits per heavy atom. The molecule has 19 heavy (non-hydrogen) atoms. The maximum Gasteiger partial charge on any atom is 0.225 e. The summed E-state index contributed by atoms with van der Waals surface area (Å²) in [6.45, 7) is 4.81. The highest BCUT2D eigenvalue weighted by Gasteiger charge is 2.26. The predicted molar refractivity (Wildman–Crippen MR) is 84.1 cm³/mol. The molecule has 0 aromatic heterocycles. The normalized spacial score (nSPS) is 17.8. The number of hydrogen-bond acceptors (Lipinski definition) is 2. The monoisotopic (exact) mass is 284 g/mol. The number of hydrogen-bond donors (Lipinski definition) is 1. The second-order valence-electron chi connectivity index (χ2n) is 5.88. The molecular formula is C15H28N2OS. The maximum atomic E-state index is 12.7. The van der Waals surface area contributed by atoms with Crippen LogP contribution in [0.4, 0.5) is 0 Å². The van der Waals surface area contributed by atoms with Crippen molar-refractivity contribution >= 4 is 23.1 Å². The lowest BCUT2D eigenvalue weighted by atomic mass is 9.90. The summed E-state index contributed by atoms with van der Waals surface area (Å²) >= 11 is 4.92. The zero-order valence-electron chi connectivity index (χ0n) is 12.4. The van der Waals surface area contributed by atoms with Crippen LogP contribution in [0.25, 0.3) is 0 Å². The molecular weight excluding hydrogens is 256 g/mol. The molecule has 1 aliphatic carbocycles. The van der Waals surface area contributed by atoms with E-state index in [2.05, 4.69) is 13.8 Å². The van der Waals surface area contributed by atoms with Gasteiger partial charge in [0.1, 0.15) is 0 Å². The molecule has 1 rings (SSSR count). The summed E-state index contributed by atoms with van der Waals surface area (Å²) < 4.78 is 0. The van der Waals surface area contributed by atoms with Gasteiger partial charge in [0.2, 0.25) is 5.91 Å². The van der Waals surface area contributed by atoms with E-state index in [0.717, 1.165) is 12.8 Å². The van der Waals surface area contributed by atoms with Gasteiger partial charge in [-0.2, -0.15) is 0 Å². The smallest absolute Gasteiger partial charge is 0.225 e. The van der Waals surface area contributed by atoms with Crippen molar-refractivity contribution in [1.29, 1.82) is 0 Å². The van der Waals surface area contributed by atoms with E-state index in [-0.39, 0.29) is 12.0 Å². The molecule has 1 saturated carbocycles. The van der Waals surface area contributed by atoms with Crippen LogP contribution in [0.1, 0.15) is 65.2 Å². The molecule has 0 unspecified atom stereocenters. The molecule has 4 heteroatoms. The average Bonchev–Trinajstić information content (AvgIpc) is 2.27. The van der Waals surface area contributed by atoms with Crippen LogP contribution in [0.3, 0.4) is 0 Å². The van der Waals surface area contributed by atoms with Crippen LogP contribution in [-0.2, 0) is 4.79 Å². The lowest BCUT2D eigenvalue weighted by molar-refractivity contribution is -0.137. The minimum atomic E-state index is 0.217. The second-order valence-corrected chi connectivity index (χ2v) is 6.41. The molecule has 0 aliphatic heterocycles. The van der Waals surface area contributed by atoms with Crippen molar-refractivity contribution in [3.8, 4) is 0 Å². The Morgan fingerprint density at radius 2 is 1.74 bits per heavy atom. The third kappa shape index (κ3) is 5.89. The fraction of sp³-hybridized carbons (Fsp3) is 0.867. The minimum Gasteiger partial charge on any atom is -0.393 e. The Bertz CT molecular complexity index is 297. The molecule has 110 valence electrons. The Hall–Kier alpha value is -0.640. The Labute approximate surface area is 122 Å². The molecule has 0 atom stereocenters. The Balaban J connectivity index is 2.59. The SMILES string of the molecule is CC(C)N(CCC(N)=S)C(=O)C1CCCCCCC1. The highest BCUT2D eigenvalue weighted by atomic mass is 32.1. The largest absolute Gasteiger partial charge is 0.393 e. The first kappa shape index (κ1) is 16.4. The molecule has 0 spiro atoms. The molecule has 2 N–H and O–H groups in total. The summed E-state index contributed by atoms with van der Waals surface area (Å²) in [7, 11) is 0. The lowest BCUT2D eigenvalue weighted by Crippen LogP contribution is -2.42. The first-order valence-electron chi connectivity index (χ1n) is 7.61. The molecule has 0 aromatic carbocycles. The van der Waals surface area contributed by atoms with Crippen molar-refractivity contribution in [3.63, 3.8) is 0 Å². The second kappa shape index (κ2) is 8.51. The molecule has 1 aliphatic rings. The van der Waals surface area contributed by atoms with E-state index >= 15 is 0 Å². The van der Waals surface area contributed by atoms with Gasteiger partial charge in [-0.15, -0.1) is 0 Å². The maximum absolute atomic E-state index is 12.7. The van der Waals surface area contributed by atoms with Gasteiger partial charge in [0.15, 0.2) is 0 Å². The number of amides is 1. The first-order chi connectivity index (χ1) is 9.02. The lowest BCUT2D eigenvalue weighted by Gasteiger charge is -2.31. The molecule has 3 nitrogen and oxygen atoms in total. The number of carbonyl (C=O) groups excluding carboxylic acids is 1. The van der Waals surface area contributed by atoms with E-state index in [1.807, 2.05) is 4.90 Å². The fourth-order valence-corrected chi connectivity index (χ4v) is 2.88. The molecule has 0 aromatic rings. The number of rotatable bonds is 5. The number of nitrogens with zero attached hydrogens (tertiary/aromatic N) is 1. The summed E-state index contributed by atoms with van der Waals surface area (Å²) in [5.41, 5.74) is 5.56. The van der Waals surface area contributed by atoms with Crippen molar-refractivity contribution in [3.05, 3.63) is 0 Å². The number of thiocarbonyl (C=S) groups is 1. The Morgan fingerprint density at radius 3 is 2.21 bits per heavy atom. The van der Waals surface area contributed by atoms with E-state index in [1.165, 1.54) is 32.1 Å². The van der Waals surface area contributed by atoms with Crippen molar-refractivity contribution in [2.45, 2.75) is 71.3 Å².